The number of benzene rings is 7. The van der Waals surface area contributed by atoms with Crippen LogP contribution in [-0.2, 0) is 0 Å². The number of fused-ring (bicyclic) bond motifs is 4. The first-order chi connectivity index (χ1) is 23.3. The van der Waals surface area contributed by atoms with Crippen molar-refractivity contribution in [1.82, 2.24) is 4.98 Å². The lowest BCUT2D eigenvalue weighted by Crippen LogP contribution is -2.11. The van der Waals surface area contributed by atoms with Crippen LogP contribution < -0.4 is 4.90 Å². The van der Waals surface area contributed by atoms with Crippen LogP contribution in [0.5, 0.6) is 0 Å². The second-order valence-corrected chi connectivity index (χ2v) is 11.6. The molecule has 0 radical (unpaired) electrons. The summed E-state index contributed by atoms with van der Waals surface area (Å²) in [6.07, 6.45) is 0. The zero-order valence-electron chi connectivity index (χ0n) is 25.4. The van der Waals surface area contributed by atoms with E-state index in [-0.39, 0.29) is 0 Å². The Morgan fingerprint density at radius 2 is 0.915 bits per heavy atom. The molecule has 0 aliphatic rings. The largest absolute Gasteiger partial charge is 0.456 e. The topological polar surface area (TPSA) is 42.4 Å². The van der Waals surface area contributed by atoms with Crippen molar-refractivity contribution in [2.24, 2.45) is 0 Å². The number of hydrogen-bond acceptors (Lipinski definition) is 4. The zero-order chi connectivity index (χ0) is 31.2. The van der Waals surface area contributed by atoms with E-state index in [9.17, 15) is 0 Å². The van der Waals surface area contributed by atoms with Gasteiger partial charge in [-0.3, -0.25) is 0 Å². The Labute approximate surface area is 271 Å². The summed E-state index contributed by atoms with van der Waals surface area (Å²) in [4.78, 5) is 7.41. The number of anilines is 3. The molecular formula is C43H28N2O2. The van der Waals surface area contributed by atoms with Crippen molar-refractivity contribution in [3.8, 4) is 33.7 Å². The van der Waals surface area contributed by atoms with E-state index in [1.807, 2.05) is 66.7 Å². The molecule has 0 aliphatic carbocycles. The smallest absolute Gasteiger partial charge is 0.227 e. The highest BCUT2D eigenvalue weighted by Crippen LogP contribution is 2.47. The van der Waals surface area contributed by atoms with Crippen molar-refractivity contribution in [2.75, 3.05) is 4.90 Å². The first kappa shape index (κ1) is 27.0. The fourth-order valence-electron chi connectivity index (χ4n) is 6.44. The van der Waals surface area contributed by atoms with Gasteiger partial charge in [0, 0.05) is 28.4 Å². The molecule has 9 rings (SSSR count). The lowest BCUT2D eigenvalue weighted by molar-refractivity contribution is 0.617. The van der Waals surface area contributed by atoms with Crippen molar-refractivity contribution in [2.45, 2.75) is 0 Å². The molecule has 0 aliphatic heterocycles. The van der Waals surface area contributed by atoms with Crippen LogP contribution in [-0.4, -0.2) is 4.98 Å². The molecule has 0 unspecified atom stereocenters. The van der Waals surface area contributed by atoms with Gasteiger partial charge in [0.1, 0.15) is 16.7 Å². The molecule has 4 heteroatoms. The van der Waals surface area contributed by atoms with Gasteiger partial charge in [0.15, 0.2) is 5.58 Å². The average molecular weight is 605 g/mol. The summed E-state index contributed by atoms with van der Waals surface area (Å²) in [6.45, 7) is 0. The third kappa shape index (κ3) is 4.75. The van der Waals surface area contributed by atoms with E-state index in [0.29, 0.717) is 11.5 Å². The van der Waals surface area contributed by atoms with Gasteiger partial charge in [0.2, 0.25) is 5.89 Å². The summed E-state index contributed by atoms with van der Waals surface area (Å²) < 4.78 is 12.9. The maximum absolute atomic E-state index is 6.44. The molecule has 7 aromatic carbocycles. The monoisotopic (exact) mass is 604 g/mol. The van der Waals surface area contributed by atoms with Crippen LogP contribution in [0.25, 0.3) is 66.7 Å². The normalized spacial score (nSPS) is 11.4. The Morgan fingerprint density at radius 1 is 0.404 bits per heavy atom. The SMILES string of the molecule is c1ccc(-c2ccc(-c3ccc(N(c4ccccc4)c4c5nc(-c6ccccc6)oc5cc5oc6ccccc6c45)cc3)cc2)cc1. The molecular weight excluding hydrogens is 576 g/mol. The van der Waals surface area contributed by atoms with Gasteiger partial charge in [-0.2, -0.15) is 0 Å². The third-order valence-electron chi connectivity index (χ3n) is 8.71. The van der Waals surface area contributed by atoms with Gasteiger partial charge in [-0.25, -0.2) is 4.98 Å². The van der Waals surface area contributed by atoms with Crippen LogP contribution >= 0.6 is 0 Å². The summed E-state index contributed by atoms with van der Waals surface area (Å²) >= 11 is 0. The predicted octanol–water partition coefficient (Wildman–Crippen LogP) is 12.2. The summed E-state index contributed by atoms with van der Waals surface area (Å²) in [5.41, 5.74) is 11.6. The second kappa shape index (κ2) is 11.2. The minimum atomic E-state index is 0.570. The molecule has 4 nitrogen and oxygen atoms in total. The molecule has 2 aromatic heterocycles. The number of aromatic nitrogens is 1. The van der Waals surface area contributed by atoms with Gasteiger partial charge >= 0.3 is 0 Å². The standard InChI is InChI=1S/C43H28N2O2/c1-4-12-29(13-5-1)30-20-22-31(23-21-30)32-24-26-35(27-25-32)45(34-16-8-3-9-17-34)42-40-36-18-10-11-19-37(36)46-38(40)28-39-41(42)44-43(47-39)33-14-6-2-7-15-33/h1-28H. The van der Waals surface area contributed by atoms with Crippen LogP contribution in [0.1, 0.15) is 0 Å². The number of furan rings is 1. The van der Waals surface area contributed by atoms with E-state index in [1.54, 1.807) is 0 Å². The maximum Gasteiger partial charge on any atom is 0.227 e. The van der Waals surface area contributed by atoms with E-state index in [2.05, 4.69) is 108 Å². The molecule has 0 saturated heterocycles. The van der Waals surface area contributed by atoms with Crippen molar-refractivity contribution in [1.29, 1.82) is 0 Å². The van der Waals surface area contributed by atoms with Crippen molar-refractivity contribution in [3.63, 3.8) is 0 Å². The first-order valence-electron chi connectivity index (χ1n) is 15.7. The molecule has 0 spiro atoms. The maximum atomic E-state index is 6.44. The number of nitrogens with zero attached hydrogens (tertiary/aromatic N) is 2. The van der Waals surface area contributed by atoms with E-state index < -0.39 is 0 Å². The summed E-state index contributed by atoms with van der Waals surface area (Å²) in [6, 6.07) is 58.5. The molecule has 222 valence electrons. The Bertz CT molecular complexity index is 2480. The highest BCUT2D eigenvalue weighted by atomic mass is 16.4. The fourth-order valence-corrected chi connectivity index (χ4v) is 6.44. The first-order valence-corrected chi connectivity index (χ1v) is 15.7. The van der Waals surface area contributed by atoms with Crippen molar-refractivity contribution in [3.05, 3.63) is 170 Å². The Kier molecular flexibility index (Phi) is 6.43. The Morgan fingerprint density at radius 3 is 1.57 bits per heavy atom. The van der Waals surface area contributed by atoms with Gasteiger partial charge < -0.3 is 13.7 Å². The molecule has 0 fully saturated rings. The molecule has 2 heterocycles. The van der Waals surface area contributed by atoms with Crippen LogP contribution in [0.4, 0.5) is 17.1 Å². The number of para-hydroxylation sites is 2. The molecule has 0 N–H and O–H groups in total. The van der Waals surface area contributed by atoms with Crippen LogP contribution in [0.3, 0.4) is 0 Å². The predicted molar refractivity (Wildman–Crippen MR) is 192 cm³/mol. The van der Waals surface area contributed by atoms with Gasteiger partial charge in [-0.05, 0) is 64.7 Å². The minimum absolute atomic E-state index is 0.570. The highest BCUT2D eigenvalue weighted by Gasteiger charge is 2.26. The molecule has 0 bridgehead atoms. The molecule has 0 atom stereocenters. The molecule has 0 saturated carbocycles. The lowest BCUT2D eigenvalue weighted by atomic mass is 10.00. The number of hydrogen-bond donors (Lipinski definition) is 0. The van der Waals surface area contributed by atoms with Gasteiger partial charge in [0.25, 0.3) is 0 Å². The van der Waals surface area contributed by atoms with Crippen LogP contribution in [0.2, 0.25) is 0 Å². The molecule has 0 amide bonds. The zero-order valence-corrected chi connectivity index (χ0v) is 25.4. The summed E-state index contributed by atoms with van der Waals surface area (Å²) in [7, 11) is 0. The highest BCUT2D eigenvalue weighted by molar-refractivity contribution is 6.20. The van der Waals surface area contributed by atoms with Crippen molar-refractivity contribution >= 4 is 50.1 Å². The summed E-state index contributed by atoms with van der Waals surface area (Å²) in [5.74, 6) is 0.570. The molecule has 47 heavy (non-hydrogen) atoms. The van der Waals surface area contributed by atoms with E-state index in [1.165, 1.54) is 11.1 Å². The van der Waals surface area contributed by atoms with Gasteiger partial charge in [-0.1, -0.05) is 121 Å². The van der Waals surface area contributed by atoms with E-state index in [4.69, 9.17) is 13.8 Å². The third-order valence-corrected chi connectivity index (χ3v) is 8.71. The van der Waals surface area contributed by atoms with E-state index >= 15 is 0 Å². The summed E-state index contributed by atoms with van der Waals surface area (Å²) in [5, 5.41) is 2.02. The van der Waals surface area contributed by atoms with Gasteiger partial charge in [0.05, 0.1) is 11.1 Å². The number of rotatable bonds is 6. The van der Waals surface area contributed by atoms with Crippen LogP contribution in [0, 0.1) is 0 Å². The second-order valence-electron chi connectivity index (χ2n) is 11.6. The quantitative estimate of drug-likeness (QED) is 0.189. The Balaban J connectivity index is 1.23. The Hall–Kier alpha value is -6.39. The number of oxazole rings is 1. The van der Waals surface area contributed by atoms with E-state index in [0.717, 1.165) is 61.2 Å². The average Bonchev–Trinajstić information content (AvgIpc) is 3.75. The molecule has 9 aromatic rings. The van der Waals surface area contributed by atoms with Crippen LogP contribution in [0.15, 0.2) is 179 Å². The van der Waals surface area contributed by atoms with Crippen molar-refractivity contribution < 1.29 is 8.83 Å². The minimum Gasteiger partial charge on any atom is -0.456 e. The fraction of sp³-hybridized carbons (Fsp3) is 0. The van der Waals surface area contributed by atoms with Gasteiger partial charge in [-0.15, -0.1) is 0 Å². The lowest BCUT2D eigenvalue weighted by Gasteiger charge is -2.26.